The Morgan fingerprint density at radius 2 is 1.70 bits per heavy atom. The number of hydrogen-bond acceptors (Lipinski definition) is 5. The summed E-state index contributed by atoms with van der Waals surface area (Å²) in [5.74, 6) is 0. The minimum Gasteiger partial charge on any atom is -0.445 e. The van der Waals surface area contributed by atoms with Crippen LogP contribution in [0, 0.1) is 5.41 Å². The van der Waals surface area contributed by atoms with Gasteiger partial charge in [-0.25, -0.2) is 9.86 Å². The van der Waals surface area contributed by atoms with E-state index in [1.54, 1.807) is 0 Å². The van der Waals surface area contributed by atoms with E-state index in [0.717, 1.165) is 10.6 Å². The van der Waals surface area contributed by atoms with E-state index in [-0.39, 0.29) is 23.8 Å². The van der Waals surface area contributed by atoms with Crippen molar-refractivity contribution < 1.29 is 23.9 Å². The second kappa shape index (κ2) is 9.87. The van der Waals surface area contributed by atoms with Crippen molar-refractivity contribution >= 4 is 20.6 Å². The predicted molar refractivity (Wildman–Crippen MR) is 107 cm³/mol. The lowest BCUT2D eigenvalue weighted by atomic mass is 9.79. The number of hydrogen-bond donors (Lipinski definition) is 1. The van der Waals surface area contributed by atoms with Gasteiger partial charge in [-0.05, 0) is 24.8 Å². The molecule has 1 rings (SSSR count). The Balaban J connectivity index is 2.73. The van der Waals surface area contributed by atoms with Crippen LogP contribution in [0.15, 0.2) is 30.3 Å². The van der Waals surface area contributed by atoms with Gasteiger partial charge in [-0.15, -0.1) is 0 Å². The molecule has 2 amide bonds. The van der Waals surface area contributed by atoms with Gasteiger partial charge in [0.2, 0.25) is 5.53 Å². The van der Waals surface area contributed by atoms with Crippen molar-refractivity contribution in [2.45, 2.75) is 46.8 Å². The summed E-state index contributed by atoms with van der Waals surface area (Å²) >= 11 is 0. The van der Waals surface area contributed by atoms with Crippen LogP contribution in [0.1, 0.15) is 40.2 Å². The van der Waals surface area contributed by atoms with Gasteiger partial charge in [-0.1, -0.05) is 51.1 Å². The minimum absolute atomic E-state index is 0.129. The maximum absolute atomic E-state index is 12.6. The van der Waals surface area contributed by atoms with Crippen LogP contribution >= 0.6 is 0 Å². The van der Waals surface area contributed by atoms with Crippen LogP contribution in [0.5, 0.6) is 0 Å². The van der Waals surface area contributed by atoms with Gasteiger partial charge in [0.05, 0.1) is 18.9 Å². The molecule has 0 aliphatic heterocycles. The molecule has 152 valence electrons. The Morgan fingerprint density at radius 1 is 1.11 bits per heavy atom. The van der Waals surface area contributed by atoms with Crippen LogP contribution in [0.4, 0.5) is 9.59 Å². The van der Waals surface area contributed by atoms with E-state index < -0.39 is 20.7 Å². The van der Waals surface area contributed by atoms with Gasteiger partial charge in [0.15, 0.2) is 0 Å². The summed E-state index contributed by atoms with van der Waals surface area (Å²) in [6.45, 7) is 10.3. The monoisotopic (exact) mass is 396 g/mol. The largest absolute Gasteiger partial charge is 0.445 e. The van der Waals surface area contributed by atoms with E-state index >= 15 is 0 Å². The first-order chi connectivity index (χ1) is 12.5. The molecule has 8 heteroatoms. The molecular weight excluding hydrogens is 364 g/mol. The SMILES string of the molecule is CON(C)C(=O)[Si@@H](COC(C)(C)C(C)(C)C)NC(=O)OCc1ccccc1. The molecule has 0 aromatic heterocycles. The Hall–Kier alpha value is -1.90. The molecule has 0 saturated carbocycles. The second-order valence-electron chi connectivity index (χ2n) is 7.85. The van der Waals surface area contributed by atoms with E-state index in [2.05, 4.69) is 25.8 Å². The molecule has 0 spiro atoms. The third-order valence-corrected chi connectivity index (χ3v) is 6.85. The highest BCUT2D eigenvalue weighted by Gasteiger charge is 2.37. The fourth-order valence-corrected chi connectivity index (χ4v) is 3.74. The Kier molecular flexibility index (Phi) is 8.45. The normalized spacial score (nSPS) is 13.0. The molecule has 0 radical (unpaired) electrons. The van der Waals surface area contributed by atoms with Crippen LogP contribution < -0.4 is 4.98 Å². The number of carbonyl (C=O) groups is 2. The molecule has 0 bridgehead atoms. The van der Waals surface area contributed by atoms with Crippen molar-refractivity contribution in [3.05, 3.63) is 35.9 Å². The van der Waals surface area contributed by atoms with Crippen LogP contribution in [-0.2, 0) is 20.9 Å². The van der Waals surface area contributed by atoms with E-state index in [1.807, 2.05) is 44.2 Å². The summed E-state index contributed by atoms with van der Waals surface area (Å²) in [6, 6.07) is 9.35. The molecular formula is C19H32N2O5Si. The Bertz CT molecular complexity index is 616. The van der Waals surface area contributed by atoms with E-state index in [0.29, 0.717) is 0 Å². The van der Waals surface area contributed by atoms with E-state index in [1.165, 1.54) is 14.2 Å². The lowest BCUT2D eigenvalue weighted by molar-refractivity contribution is -0.0753. The molecule has 0 heterocycles. The fourth-order valence-electron chi connectivity index (χ4n) is 1.90. The zero-order valence-electron chi connectivity index (χ0n) is 17.4. The van der Waals surface area contributed by atoms with Crippen LogP contribution in [0.3, 0.4) is 0 Å². The van der Waals surface area contributed by atoms with Gasteiger partial charge in [-0.2, -0.15) is 0 Å². The summed E-state index contributed by atoms with van der Waals surface area (Å²) in [4.78, 5) is 32.4. The maximum Gasteiger partial charge on any atom is 0.399 e. The minimum atomic E-state index is -2.54. The van der Waals surface area contributed by atoms with Crippen molar-refractivity contribution in [2.75, 3.05) is 20.4 Å². The van der Waals surface area contributed by atoms with Gasteiger partial charge in [-0.3, -0.25) is 9.63 Å². The van der Waals surface area contributed by atoms with Crippen molar-refractivity contribution in [3.63, 3.8) is 0 Å². The molecule has 0 saturated heterocycles. The molecule has 0 unspecified atom stereocenters. The van der Waals surface area contributed by atoms with Gasteiger partial charge in [0.25, 0.3) is 8.96 Å². The number of carbonyl (C=O) groups excluding carboxylic acids is 2. The molecule has 1 atom stereocenters. The standard InChI is InChI=1S/C19H32N2O5Si/c1-18(2,3)19(4,5)26-14-27(17(23)21(6)24-7)20-16(22)25-13-15-11-9-8-10-12-15/h8-12,27H,13-14H2,1-7H3,(H,20,22)/t27-/m1/s1. The summed E-state index contributed by atoms with van der Waals surface area (Å²) in [6.07, 6.45) is -0.498. The summed E-state index contributed by atoms with van der Waals surface area (Å²) in [7, 11) is 0.365. The molecule has 27 heavy (non-hydrogen) atoms. The average molecular weight is 397 g/mol. The van der Waals surface area contributed by atoms with Gasteiger partial charge < -0.3 is 14.5 Å². The highest BCUT2D eigenvalue weighted by Crippen LogP contribution is 2.32. The van der Waals surface area contributed by atoms with Crippen molar-refractivity contribution in [1.82, 2.24) is 10.0 Å². The number of hydroxylamine groups is 2. The number of amides is 2. The first-order valence-electron chi connectivity index (χ1n) is 8.91. The van der Waals surface area contributed by atoms with E-state index in [9.17, 15) is 9.59 Å². The third kappa shape index (κ3) is 7.32. The number of nitrogens with one attached hydrogen (secondary N) is 1. The first kappa shape index (κ1) is 23.1. The Labute approximate surface area is 163 Å². The quantitative estimate of drug-likeness (QED) is 0.539. The molecule has 1 aromatic rings. The lowest BCUT2D eigenvalue weighted by Crippen LogP contribution is -2.55. The smallest absolute Gasteiger partial charge is 0.399 e. The second-order valence-corrected chi connectivity index (χ2v) is 10.1. The molecule has 0 fully saturated rings. The molecule has 0 aliphatic rings. The molecule has 0 aliphatic carbocycles. The predicted octanol–water partition coefficient (Wildman–Crippen LogP) is 3.21. The van der Waals surface area contributed by atoms with Crippen LogP contribution in [0.2, 0.25) is 0 Å². The highest BCUT2D eigenvalue weighted by atomic mass is 28.3. The van der Waals surface area contributed by atoms with Crippen molar-refractivity contribution in [1.29, 1.82) is 0 Å². The third-order valence-electron chi connectivity index (χ3n) is 4.80. The van der Waals surface area contributed by atoms with Crippen molar-refractivity contribution in [2.24, 2.45) is 5.41 Å². The zero-order chi connectivity index (χ0) is 20.7. The lowest BCUT2D eigenvalue weighted by Gasteiger charge is -2.39. The fraction of sp³-hybridized carbons (Fsp3) is 0.579. The topological polar surface area (TPSA) is 77.1 Å². The van der Waals surface area contributed by atoms with Gasteiger partial charge in [0.1, 0.15) is 6.61 Å². The highest BCUT2D eigenvalue weighted by molar-refractivity contribution is 6.89. The number of nitrogens with zero attached hydrogens (tertiary/aromatic N) is 1. The van der Waals surface area contributed by atoms with Crippen LogP contribution in [0.25, 0.3) is 0 Å². The first-order valence-corrected chi connectivity index (χ1v) is 10.9. The molecule has 7 nitrogen and oxygen atoms in total. The summed E-state index contributed by atoms with van der Waals surface area (Å²) in [5.41, 5.74) is -0.0225. The molecule has 1 N–H and O–H groups in total. The van der Waals surface area contributed by atoms with E-state index in [4.69, 9.17) is 14.3 Å². The van der Waals surface area contributed by atoms with Gasteiger partial charge >= 0.3 is 6.09 Å². The summed E-state index contributed by atoms with van der Waals surface area (Å²) in [5, 5.41) is 1.11. The number of ether oxygens (including phenoxy) is 2. The summed E-state index contributed by atoms with van der Waals surface area (Å²) < 4.78 is 11.3. The van der Waals surface area contributed by atoms with Crippen molar-refractivity contribution in [3.8, 4) is 0 Å². The average Bonchev–Trinajstić information content (AvgIpc) is 2.62. The molecule has 1 aromatic carbocycles. The van der Waals surface area contributed by atoms with Crippen LogP contribution in [-0.4, -0.2) is 51.6 Å². The maximum atomic E-state index is 12.6. The Morgan fingerprint density at radius 3 is 2.22 bits per heavy atom. The number of rotatable bonds is 8. The zero-order valence-corrected chi connectivity index (χ0v) is 18.5. The number of benzene rings is 1. The van der Waals surface area contributed by atoms with Gasteiger partial charge in [0, 0.05) is 7.05 Å².